The van der Waals surface area contributed by atoms with E-state index in [0.29, 0.717) is 16.6 Å². The van der Waals surface area contributed by atoms with Gasteiger partial charge in [0.1, 0.15) is 17.0 Å². The molecule has 0 saturated carbocycles. The standard InChI is InChI=1S/C8H6N2O2S/c1-12-5-2-3-6-7(4-5)10-8(9-6)13-11/h2-4H,1H3. The van der Waals surface area contributed by atoms with Gasteiger partial charge in [0.2, 0.25) is 5.11 Å². The number of benzene rings is 1. The van der Waals surface area contributed by atoms with E-state index < -0.39 is 0 Å². The molecule has 2 rings (SSSR count). The topological polar surface area (TPSA) is 51.0 Å². The van der Waals surface area contributed by atoms with E-state index in [1.165, 1.54) is 0 Å². The van der Waals surface area contributed by atoms with Crippen LogP contribution in [0.1, 0.15) is 0 Å². The first-order valence-corrected chi connectivity index (χ1v) is 4.36. The third-order valence-corrected chi connectivity index (χ3v) is 2.02. The van der Waals surface area contributed by atoms with Crippen LogP contribution in [0.3, 0.4) is 0 Å². The van der Waals surface area contributed by atoms with E-state index in [1.807, 2.05) is 0 Å². The minimum atomic E-state index is 0.253. The molecule has 1 aromatic carbocycles. The second-order valence-electron chi connectivity index (χ2n) is 2.44. The normalized spacial score (nSPS) is 12.8. The summed E-state index contributed by atoms with van der Waals surface area (Å²) in [7, 11) is 1.58. The van der Waals surface area contributed by atoms with E-state index in [0.717, 1.165) is 11.1 Å². The van der Waals surface area contributed by atoms with Gasteiger partial charge in [0, 0.05) is 6.07 Å². The number of nitrogens with zero attached hydrogens (tertiary/aromatic N) is 2. The van der Waals surface area contributed by atoms with Crippen molar-refractivity contribution in [3.63, 3.8) is 0 Å². The summed E-state index contributed by atoms with van der Waals surface area (Å²) in [6.07, 6.45) is 0. The van der Waals surface area contributed by atoms with Gasteiger partial charge in [-0.25, -0.2) is 14.2 Å². The van der Waals surface area contributed by atoms with E-state index in [2.05, 4.69) is 9.98 Å². The first-order valence-electron chi connectivity index (χ1n) is 3.62. The van der Waals surface area contributed by atoms with Crippen LogP contribution in [0.15, 0.2) is 28.2 Å². The fourth-order valence-electron chi connectivity index (χ4n) is 1.08. The molecule has 0 aromatic heterocycles. The number of ether oxygens (including phenoxy) is 1. The zero-order chi connectivity index (χ0) is 9.26. The van der Waals surface area contributed by atoms with Gasteiger partial charge < -0.3 is 4.74 Å². The van der Waals surface area contributed by atoms with Crippen molar-refractivity contribution in [2.75, 3.05) is 7.11 Å². The second-order valence-corrected chi connectivity index (χ2v) is 2.98. The van der Waals surface area contributed by atoms with Gasteiger partial charge in [-0.2, -0.15) is 0 Å². The number of hydrogen-bond donors (Lipinski definition) is 0. The molecule has 0 spiro atoms. The first kappa shape index (κ1) is 8.12. The maximum atomic E-state index is 10.4. The molecule has 0 unspecified atom stereocenters. The highest BCUT2D eigenvalue weighted by atomic mass is 32.1. The Morgan fingerprint density at radius 3 is 2.77 bits per heavy atom. The van der Waals surface area contributed by atoms with Gasteiger partial charge in [0.15, 0.2) is 0 Å². The van der Waals surface area contributed by atoms with Crippen LogP contribution in [0, 0.1) is 0 Å². The van der Waals surface area contributed by atoms with Crippen molar-refractivity contribution < 1.29 is 8.95 Å². The van der Waals surface area contributed by atoms with E-state index in [-0.39, 0.29) is 5.11 Å². The monoisotopic (exact) mass is 194 g/mol. The van der Waals surface area contributed by atoms with Gasteiger partial charge in [0.05, 0.1) is 17.8 Å². The third kappa shape index (κ3) is 1.38. The van der Waals surface area contributed by atoms with Gasteiger partial charge in [-0.05, 0) is 12.1 Å². The van der Waals surface area contributed by atoms with E-state index in [4.69, 9.17) is 4.74 Å². The van der Waals surface area contributed by atoms with Crippen LogP contribution in [0.2, 0.25) is 0 Å². The largest absolute Gasteiger partial charge is 0.497 e. The van der Waals surface area contributed by atoms with Crippen LogP contribution in [-0.2, 0) is 11.3 Å². The van der Waals surface area contributed by atoms with E-state index in [9.17, 15) is 4.21 Å². The summed E-state index contributed by atoms with van der Waals surface area (Å²) in [6.45, 7) is 0. The van der Waals surface area contributed by atoms with E-state index >= 15 is 0 Å². The van der Waals surface area contributed by atoms with Crippen molar-refractivity contribution in [3.8, 4) is 5.75 Å². The zero-order valence-electron chi connectivity index (χ0n) is 6.85. The Kier molecular flexibility index (Phi) is 1.94. The molecular weight excluding hydrogens is 188 g/mol. The molecule has 0 N–H and O–H groups in total. The summed E-state index contributed by atoms with van der Waals surface area (Å²) in [5, 5.41) is 1.67. The first-order chi connectivity index (χ1) is 6.33. The Morgan fingerprint density at radius 1 is 1.31 bits per heavy atom. The molecule has 1 heterocycles. The molecule has 0 saturated heterocycles. The Morgan fingerprint density at radius 2 is 2.08 bits per heavy atom. The molecular formula is C8H6N2O2S. The molecule has 66 valence electrons. The predicted octanol–water partition coefficient (Wildman–Crippen LogP) is -0.752. The summed E-state index contributed by atoms with van der Waals surface area (Å²) in [5.74, 6) is 0.717. The maximum absolute atomic E-state index is 10.4. The molecule has 0 amide bonds. The van der Waals surface area contributed by atoms with Crippen molar-refractivity contribution in [2.24, 2.45) is 9.98 Å². The highest BCUT2D eigenvalue weighted by Gasteiger charge is 2.03. The van der Waals surface area contributed by atoms with E-state index in [1.54, 1.807) is 25.3 Å². The third-order valence-electron chi connectivity index (χ3n) is 1.69. The average molecular weight is 194 g/mol. The van der Waals surface area contributed by atoms with Crippen LogP contribution in [0.4, 0.5) is 0 Å². The van der Waals surface area contributed by atoms with Crippen LogP contribution < -0.4 is 15.5 Å². The lowest BCUT2D eigenvalue weighted by molar-refractivity contribution is 0.414. The minimum absolute atomic E-state index is 0.253. The summed E-state index contributed by atoms with van der Waals surface area (Å²) in [4.78, 5) is 7.99. The Balaban J connectivity index is 2.72. The van der Waals surface area contributed by atoms with Gasteiger partial charge in [-0.3, -0.25) is 0 Å². The molecule has 0 radical (unpaired) electrons. The predicted molar refractivity (Wildman–Crippen MR) is 48.5 cm³/mol. The zero-order valence-corrected chi connectivity index (χ0v) is 7.67. The molecule has 0 atom stereocenters. The van der Waals surface area contributed by atoms with Crippen molar-refractivity contribution in [2.45, 2.75) is 0 Å². The number of rotatable bonds is 1. The highest BCUT2D eigenvalue weighted by molar-refractivity contribution is 7.66. The van der Waals surface area contributed by atoms with Crippen molar-refractivity contribution in [1.29, 1.82) is 0 Å². The van der Waals surface area contributed by atoms with Crippen LogP contribution >= 0.6 is 0 Å². The lowest BCUT2D eigenvalue weighted by Crippen LogP contribution is -2.20. The van der Waals surface area contributed by atoms with Crippen LogP contribution in [0.25, 0.3) is 0 Å². The number of methoxy groups -OCH3 is 1. The number of fused-ring (bicyclic) bond motifs is 1. The molecule has 1 aromatic rings. The Labute approximate surface area is 77.7 Å². The summed E-state index contributed by atoms with van der Waals surface area (Å²) in [5.41, 5.74) is 0. The Bertz CT molecular complexity index is 517. The minimum Gasteiger partial charge on any atom is -0.497 e. The Hall–Kier alpha value is -1.49. The van der Waals surface area contributed by atoms with Gasteiger partial charge in [0.25, 0.3) is 0 Å². The fraction of sp³-hybridized carbons (Fsp3) is 0.125. The highest BCUT2D eigenvalue weighted by Crippen LogP contribution is 2.02. The van der Waals surface area contributed by atoms with Gasteiger partial charge >= 0.3 is 0 Å². The SMILES string of the molecule is COc1ccc2c(c1)=NC(=S=O)N=2. The lowest BCUT2D eigenvalue weighted by atomic mass is 10.3. The van der Waals surface area contributed by atoms with Crippen molar-refractivity contribution >= 4 is 16.4 Å². The molecule has 1 aliphatic heterocycles. The van der Waals surface area contributed by atoms with Gasteiger partial charge in [-0.1, -0.05) is 0 Å². The molecule has 5 heteroatoms. The lowest BCUT2D eigenvalue weighted by Gasteiger charge is -1.94. The molecule has 1 aliphatic rings. The molecule has 4 nitrogen and oxygen atoms in total. The quantitative estimate of drug-likeness (QED) is 0.552. The van der Waals surface area contributed by atoms with Crippen molar-refractivity contribution in [3.05, 3.63) is 28.9 Å². The van der Waals surface area contributed by atoms with Crippen molar-refractivity contribution in [1.82, 2.24) is 0 Å². The summed E-state index contributed by atoms with van der Waals surface area (Å²) < 4.78 is 15.4. The van der Waals surface area contributed by atoms with Crippen LogP contribution in [-0.4, -0.2) is 16.4 Å². The fourth-order valence-corrected chi connectivity index (χ4v) is 1.35. The second kappa shape index (κ2) is 3.10. The molecule has 0 fully saturated rings. The smallest absolute Gasteiger partial charge is 0.249 e. The maximum Gasteiger partial charge on any atom is 0.249 e. The molecule has 13 heavy (non-hydrogen) atoms. The summed E-state index contributed by atoms with van der Waals surface area (Å²) >= 11 is 0.295. The van der Waals surface area contributed by atoms with Gasteiger partial charge in [-0.15, -0.1) is 0 Å². The van der Waals surface area contributed by atoms with Crippen LogP contribution in [0.5, 0.6) is 5.75 Å². The molecule has 0 aliphatic carbocycles. The molecule has 0 bridgehead atoms. The summed E-state index contributed by atoms with van der Waals surface area (Å²) in [6, 6.07) is 5.32. The number of hydrogen-bond acceptors (Lipinski definition) is 2. The average Bonchev–Trinajstić information content (AvgIpc) is 2.58.